The highest BCUT2D eigenvalue weighted by atomic mass is 16.4. The van der Waals surface area contributed by atoms with Gasteiger partial charge in [0.1, 0.15) is 0 Å². The Kier molecular flexibility index (Phi) is 3.02. The number of carbonyl (C=O) groups excluding carboxylic acids is 1. The molecule has 0 spiro atoms. The summed E-state index contributed by atoms with van der Waals surface area (Å²) in [5, 5.41) is 2.61. The van der Waals surface area contributed by atoms with Gasteiger partial charge in [-0.1, -0.05) is 12.2 Å². The minimum atomic E-state index is 0.0382. The molecule has 1 aliphatic heterocycles. The third kappa shape index (κ3) is 2.23. The lowest BCUT2D eigenvalue weighted by Gasteiger charge is -2.08. The third-order valence-corrected chi connectivity index (χ3v) is 1.29. The molecule has 0 aromatic heterocycles. The van der Waals surface area contributed by atoms with Gasteiger partial charge in [0.25, 0.3) is 0 Å². The Bertz CT molecular complexity index is 138. The van der Waals surface area contributed by atoms with Crippen molar-refractivity contribution in [2.24, 2.45) is 0 Å². The third-order valence-electron chi connectivity index (χ3n) is 1.29. The summed E-state index contributed by atoms with van der Waals surface area (Å²) in [6.45, 7) is 0.608. The molecular formula is C6H9BNO2. The summed E-state index contributed by atoms with van der Waals surface area (Å²) in [5.74, 6) is 0.0382. The molecule has 0 aliphatic carbocycles. The molecule has 0 aromatic rings. The van der Waals surface area contributed by atoms with Gasteiger partial charge in [0.2, 0.25) is 6.41 Å². The van der Waals surface area contributed by atoms with Crippen molar-refractivity contribution in [3.63, 3.8) is 0 Å². The molecule has 1 amide bonds. The first-order valence-corrected chi connectivity index (χ1v) is 3.23. The van der Waals surface area contributed by atoms with Gasteiger partial charge in [-0.25, -0.2) is 0 Å². The lowest BCUT2D eigenvalue weighted by atomic mass is 9.86. The van der Waals surface area contributed by atoms with Gasteiger partial charge < -0.3 is 9.97 Å². The van der Waals surface area contributed by atoms with Gasteiger partial charge in [-0.2, -0.15) is 0 Å². The maximum absolute atomic E-state index is 9.97. The van der Waals surface area contributed by atoms with E-state index in [9.17, 15) is 4.79 Å². The Morgan fingerprint density at radius 3 is 3.40 bits per heavy atom. The van der Waals surface area contributed by atoms with Crippen molar-refractivity contribution in [3.8, 4) is 0 Å². The summed E-state index contributed by atoms with van der Waals surface area (Å²) < 4.78 is 5.03. The Morgan fingerprint density at radius 2 is 2.60 bits per heavy atom. The van der Waals surface area contributed by atoms with Gasteiger partial charge in [0, 0.05) is 12.5 Å². The van der Waals surface area contributed by atoms with Gasteiger partial charge in [-0.05, 0) is 6.42 Å². The van der Waals surface area contributed by atoms with Crippen molar-refractivity contribution in [1.29, 1.82) is 0 Å². The molecule has 1 atom stereocenters. The van der Waals surface area contributed by atoms with E-state index >= 15 is 0 Å². The number of amides is 1. The molecule has 0 saturated carbocycles. The first-order chi connectivity index (χ1) is 4.93. The van der Waals surface area contributed by atoms with Crippen molar-refractivity contribution < 1.29 is 9.45 Å². The Balaban J connectivity index is 2.29. The Labute approximate surface area is 60.7 Å². The van der Waals surface area contributed by atoms with Crippen molar-refractivity contribution in [1.82, 2.24) is 5.32 Å². The van der Waals surface area contributed by atoms with Crippen molar-refractivity contribution in [3.05, 3.63) is 12.2 Å². The van der Waals surface area contributed by atoms with E-state index < -0.39 is 0 Å². The van der Waals surface area contributed by atoms with E-state index in [0.29, 0.717) is 13.0 Å². The zero-order valence-electron chi connectivity index (χ0n) is 5.62. The normalized spacial score (nSPS) is 24.6. The van der Waals surface area contributed by atoms with Crippen LogP contribution in [0, 0.1) is 0 Å². The fourth-order valence-corrected chi connectivity index (χ4v) is 0.788. The zero-order chi connectivity index (χ0) is 7.23. The van der Waals surface area contributed by atoms with Gasteiger partial charge in [-0.3, -0.25) is 4.79 Å². The van der Waals surface area contributed by atoms with Gasteiger partial charge in [-0.15, -0.1) is 0 Å². The lowest BCUT2D eigenvalue weighted by Crippen LogP contribution is -2.33. The lowest BCUT2D eigenvalue weighted by molar-refractivity contribution is -0.109. The van der Waals surface area contributed by atoms with Crippen LogP contribution >= 0.6 is 0 Å². The van der Waals surface area contributed by atoms with Crippen LogP contribution in [0.2, 0.25) is 0 Å². The van der Waals surface area contributed by atoms with Crippen LogP contribution in [0.5, 0.6) is 0 Å². The molecule has 53 valence electrons. The molecule has 1 heterocycles. The summed E-state index contributed by atoms with van der Waals surface area (Å²) in [7, 11) is 1.65. The summed E-state index contributed by atoms with van der Waals surface area (Å²) in [5.41, 5.74) is 0. The standard InChI is InChI=1S/C6H9BNO2/c9-5-8-6-3-1-2-4-10-7-6/h1-2,5-6H,3-4H2,(H,8,9). The molecule has 1 rings (SSSR count). The average Bonchev–Trinajstić information content (AvgIpc) is 2.17. The van der Waals surface area contributed by atoms with Crippen LogP contribution in [0.1, 0.15) is 6.42 Å². The number of hydrogen-bond donors (Lipinski definition) is 1. The molecule has 10 heavy (non-hydrogen) atoms. The number of nitrogens with one attached hydrogen (secondary N) is 1. The van der Waals surface area contributed by atoms with Crippen molar-refractivity contribution in [2.75, 3.05) is 6.61 Å². The summed E-state index contributed by atoms with van der Waals surface area (Å²) in [6, 6.07) is 0. The van der Waals surface area contributed by atoms with Crippen molar-refractivity contribution >= 4 is 13.9 Å². The molecule has 0 bridgehead atoms. The minimum Gasteiger partial charge on any atom is -0.435 e. The molecule has 0 aromatic carbocycles. The maximum Gasteiger partial charge on any atom is 0.317 e. The summed E-state index contributed by atoms with van der Waals surface area (Å²) in [4.78, 5) is 9.97. The largest absolute Gasteiger partial charge is 0.435 e. The van der Waals surface area contributed by atoms with Crippen LogP contribution in [0.3, 0.4) is 0 Å². The van der Waals surface area contributed by atoms with E-state index in [1.807, 2.05) is 12.2 Å². The van der Waals surface area contributed by atoms with E-state index in [-0.39, 0.29) is 5.94 Å². The molecule has 0 fully saturated rings. The Hall–Kier alpha value is -0.765. The molecule has 1 aliphatic rings. The van der Waals surface area contributed by atoms with E-state index in [1.165, 1.54) is 0 Å². The highest BCUT2D eigenvalue weighted by molar-refractivity contribution is 6.30. The second-order valence-electron chi connectivity index (χ2n) is 2.07. The molecule has 0 saturated heterocycles. The van der Waals surface area contributed by atoms with Crippen LogP contribution in [-0.4, -0.2) is 26.4 Å². The van der Waals surface area contributed by atoms with Crippen LogP contribution in [-0.2, 0) is 9.45 Å². The van der Waals surface area contributed by atoms with Crippen LogP contribution in [0.25, 0.3) is 0 Å². The molecular weight excluding hydrogens is 129 g/mol. The fourth-order valence-electron chi connectivity index (χ4n) is 0.788. The predicted octanol–water partition coefficient (Wildman–Crippen LogP) is -0.346. The summed E-state index contributed by atoms with van der Waals surface area (Å²) >= 11 is 0. The molecule has 1 radical (unpaired) electrons. The van der Waals surface area contributed by atoms with E-state index in [2.05, 4.69) is 5.32 Å². The van der Waals surface area contributed by atoms with Gasteiger partial charge >= 0.3 is 7.48 Å². The molecule has 1 unspecified atom stereocenters. The minimum absolute atomic E-state index is 0.0382. The first-order valence-electron chi connectivity index (χ1n) is 3.23. The van der Waals surface area contributed by atoms with Crippen LogP contribution in [0.4, 0.5) is 0 Å². The predicted molar refractivity (Wildman–Crippen MR) is 38.5 cm³/mol. The quantitative estimate of drug-likeness (QED) is 0.322. The van der Waals surface area contributed by atoms with Crippen LogP contribution < -0.4 is 5.32 Å². The molecule has 1 N–H and O–H groups in total. The van der Waals surface area contributed by atoms with E-state index in [0.717, 1.165) is 6.42 Å². The number of rotatable bonds is 2. The van der Waals surface area contributed by atoms with Gasteiger partial charge in [0.05, 0.1) is 0 Å². The number of hydrogen-bond acceptors (Lipinski definition) is 2. The summed E-state index contributed by atoms with van der Waals surface area (Å²) in [6.07, 6.45) is 5.43. The van der Waals surface area contributed by atoms with Crippen LogP contribution in [0.15, 0.2) is 12.2 Å². The van der Waals surface area contributed by atoms with E-state index in [4.69, 9.17) is 4.65 Å². The topological polar surface area (TPSA) is 38.3 Å². The van der Waals surface area contributed by atoms with E-state index in [1.54, 1.807) is 7.48 Å². The maximum atomic E-state index is 9.97. The number of carbonyl (C=O) groups is 1. The Morgan fingerprint density at radius 1 is 1.70 bits per heavy atom. The fraction of sp³-hybridized carbons (Fsp3) is 0.500. The zero-order valence-corrected chi connectivity index (χ0v) is 5.62. The second kappa shape index (κ2) is 4.11. The van der Waals surface area contributed by atoms with Crippen molar-refractivity contribution in [2.45, 2.75) is 12.4 Å². The molecule has 4 heteroatoms. The second-order valence-corrected chi connectivity index (χ2v) is 2.07. The smallest absolute Gasteiger partial charge is 0.317 e. The highest BCUT2D eigenvalue weighted by Gasteiger charge is 2.09. The average molecular weight is 138 g/mol. The van der Waals surface area contributed by atoms with Gasteiger partial charge in [0.15, 0.2) is 0 Å². The SMILES string of the molecule is O=CNC1[B]OCC=CC1. The highest BCUT2D eigenvalue weighted by Crippen LogP contribution is 1.96. The monoisotopic (exact) mass is 138 g/mol. The first kappa shape index (κ1) is 7.34. The molecule has 3 nitrogen and oxygen atoms in total.